The molecule has 2 rings (SSSR count). The van der Waals surface area contributed by atoms with Gasteiger partial charge in [0.1, 0.15) is 5.82 Å². The molecule has 0 saturated carbocycles. The lowest BCUT2D eigenvalue weighted by molar-refractivity contribution is 0.145. The molecule has 0 spiro atoms. The van der Waals surface area contributed by atoms with Gasteiger partial charge < -0.3 is 15.3 Å². The van der Waals surface area contributed by atoms with Crippen LogP contribution in [0, 0.1) is 5.82 Å². The number of halogens is 1. The third-order valence-corrected chi connectivity index (χ3v) is 3.66. The molecule has 0 unspecified atom stereocenters. The number of benzene rings is 1. The van der Waals surface area contributed by atoms with Gasteiger partial charge in [0.15, 0.2) is 0 Å². The number of aliphatic hydroxyl groups excluding tert-OH is 1. The average Bonchev–Trinajstić information content (AvgIpc) is 2.37. The lowest BCUT2D eigenvalue weighted by Crippen LogP contribution is -2.38. The standard InChI is InChI=1S/C16H25FN2O/c1-16(2,3)18-11-12-5-4-6-14(17)15(12)19-9-7-13(20)8-10-19/h4-6,13,18,20H,7-11H2,1-3H3. The van der Waals surface area contributed by atoms with Gasteiger partial charge in [-0.2, -0.15) is 0 Å². The van der Waals surface area contributed by atoms with Crippen LogP contribution in [-0.4, -0.2) is 29.8 Å². The number of nitrogens with zero attached hydrogens (tertiary/aromatic N) is 1. The highest BCUT2D eigenvalue weighted by Crippen LogP contribution is 2.27. The molecule has 1 aromatic rings. The highest BCUT2D eigenvalue weighted by Gasteiger charge is 2.22. The van der Waals surface area contributed by atoms with E-state index in [1.807, 2.05) is 6.07 Å². The van der Waals surface area contributed by atoms with Crippen molar-refractivity contribution >= 4 is 5.69 Å². The van der Waals surface area contributed by atoms with Crippen molar-refractivity contribution in [2.45, 2.75) is 51.8 Å². The Kier molecular flexibility index (Phi) is 4.66. The van der Waals surface area contributed by atoms with Crippen molar-refractivity contribution in [3.05, 3.63) is 29.6 Å². The molecule has 1 saturated heterocycles. The molecule has 1 aliphatic heterocycles. The third-order valence-electron chi connectivity index (χ3n) is 3.66. The Morgan fingerprint density at radius 3 is 2.55 bits per heavy atom. The number of hydrogen-bond acceptors (Lipinski definition) is 3. The quantitative estimate of drug-likeness (QED) is 0.893. The minimum atomic E-state index is -0.242. The molecule has 1 heterocycles. The number of hydrogen-bond donors (Lipinski definition) is 2. The van der Waals surface area contributed by atoms with Crippen LogP contribution < -0.4 is 10.2 Å². The first-order valence-corrected chi connectivity index (χ1v) is 7.32. The highest BCUT2D eigenvalue weighted by molar-refractivity contribution is 5.55. The van der Waals surface area contributed by atoms with Crippen LogP contribution in [0.2, 0.25) is 0 Å². The summed E-state index contributed by atoms with van der Waals surface area (Å²) in [5.41, 5.74) is 1.68. The Balaban J connectivity index is 2.18. The van der Waals surface area contributed by atoms with E-state index in [0.29, 0.717) is 38.2 Å². The Morgan fingerprint density at radius 1 is 1.30 bits per heavy atom. The molecule has 1 fully saturated rings. The minimum absolute atomic E-state index is 0.00167. The first kappa shape index (κ1) is 15.3. The number of piperidine rings is 1. The lowest BCUT2D eigenvalue weighted by Gasteiger charge is -2.33. The Morgan fingerprint density at radius 2 is 1.95 bits per heavy atom. The van der Waals surface area contributed by atoms with Crippen LogP contribution in [0.15, 0.2) is 18.2 Å². The fourth-order valence-electron chi connectivity index (χ4n) is 2.51. The molecule has 0 aromatic heterocycles. The van der Waals surface area contributed by atoms with Gasteiger partial charge in [0, 0.05) is 25.2 Å². The van der Waals surface area contributed by atoms with Gasteiger partial charge in [0.25, 0.3) is 0 Å². The number of rotatable bonds is 3. The summed E-state index contributed by atoms with van der Waals surface area (Å²) in [6.45, 7) is 8.38. The van der Waals surface area contributed by atoms with E-state index in [1.54, 1.807) is 6.07 Å². The summed E-state index contributed by atoms with van der Waals surface area (Å²) in [5, 5.41) is 13.0. The van der Waals surface area contributed by atoms with E-state index in [4.69, 9.17) is 0 Å². The van der Waals surface area contributed by atoms with Crippen molar-refractivity contribution < 1.29 is 9.50 Å². The van der Waals surface area contributed by atoms with Gasteiger partial charge in [-0.1, -0.05) is 12.1 Å². The van der Waals surface area contributed by atoms with Gasteiger partial charge in [-0.25, -0.2) is 4.39 Å². The maximum Gasteiger partial charge on any atom is 0.146 e. The summed E-state index contributed by atoms with van der Waals surface area (Å²) in [7, 11) is 0. The first-order valence-electron chi connectivity index (χ1n) is 7.32. The molecule has 2 N–H and O–H groups in total. The predicted octanol–water partition coefficient (Wildman–Crippen LogP) is 2.67. The Hall–Kier alpha value is -1.13. The van der Waals surface area contributed by atoms with E-state index in [2.05, 4.69) is 31.0 Å². The molecule has 112 valence electrons. The summed E-state index contributed by atoms with van der Waals surface area (Å²) in [4.78, 5) is 2.06. The maximum atomic E-state index is 14.2. The summed E-state index contributed by atoms with van der Waals surface area (Å²) < 4.78 is 14.2. The predicted molar refractivity (Wildman–Crippen MR) is 80.4 cm³/mol. The zero-order valence-corrected chi connectivity index (χ0v) is 12.6. The smallest absolute Gasteiger partial charge is 0.146 e. The minimum Gasteiger partial charge on any atom is -0.393 e. The van der Waals surface area contributed by atoms with Gasteiger partial charge >= 0.3 is 0 Å². The van der Waals surface area contributed by atoms with Gasteiger partial charge in [-0.15, -0.1) is 0 Å². The summed E-state index contributed by atoms with van der Waals surface area (Å²) >= 11 is 0. The van der Waals surface area contributed by atoms with E-state index in [1.165, 1.54) is 6.07 Å². The molecule has 3 nitrogen and oxygen atoms in total. The zero-order chi connectivity index (χ0) is 14.8. The van der Waals surface area contributed by atoms with Crippen LogP contribution in [0.25, 0.3) is 0 Å². The maximum absolute atomic E-state index is 14.2. The zero-order valence-electron chi connectivity index (χ0n) is 12.6. The molecule has 1 aromatic carbocycles. The molecular formula is C16H25FN2O. The Bertz CT molecular complexity index is 448. The largest absolute Gasteiger partial charge is 0.393 e. The molecule has 0 amide bonds. The first-order chi connectivity index (χ1) is 9.37. The second kappa shape index (κ2) is 6.10. The van der Waals surface area contributed by atoms with E-state index in [0.717, 1.165) is 5.56 Å². The highest BCUT2D eigenvalue weighted by atomic mass is 19.1. The fraction of sp³-hybridized carbons (Fsp3) is 0.625. The molecule has 0 radical (unpaired) electrons. The van der Waals surface area contributed by atoms with Crippen molar-refractivity contribution in [1.29, 1.82) is 0 Å². The number of aliphatic hydroxyl groups is 1. The second-order valence-electron chi connectivity index (χ2n) is 6.57. The van der Waals surface area contributed by atoms with Crippen molar-refractivity contribution in [2.24, 2.45) is 0 Å². The molecule has 0 bridgehead atoms. The van der Waals surface area contributed by atoms with Crippen LogP contribution in [0.3, 0.4) is 0 Å². The van der Waals surface area contributed by atoms with Gasteiger partial charge in [-0.3, -0.25) is 0 Å². The Labute approximate surface area is 120 Å². The van der Waals surface area contributed by atoms with Crippen LogP contribution in [0.5, 0.6) is 0 Å². The monoisotopic (exact) mass is 280 g/mol. The average molecular weight is 280 g/mol. The molecule has 4 heteroatoms. The van der Waals surface area contributed by atoms with E-state index in [-0.39, 0.29) is 17.5 Å². The topological polar surface area (TPSA) is 35.5 Å². The summed E-state index contributed by atoms with van der Waals surface area (Å²) in [5.74, 6) is -0.172. The number of nitrogens with one attached hydrogen (secondary N) is 1. The molecule has 1 aliphatic rings. The fourth-order valence-corrected chi connectivity index (χ4v) is 2.51. The van der Waals surface area contributed by atoms with Crippen LogP contribution in [0.4, 0.5) is 10.1 Å². The van der Waals surface area contributed by atoms with Crippen molar-refractivity contribution in [3.63, 3.8) is 0 Å². The van der Waals surface area contributed by atoms with Crippen molar-refractivity contribution in [2.75, 3.05) is 18.0 Å². The van der Waals surface area contributed by atoms with Crippen LogP contribution in [-0.2, 0) is 6.54 Å². The van der Waals surface area contributed by atoms with E-state index < -0.39 is 0 Å². The summed E-state index contributed by atoms with van der Waals surface area (Å²) in [6.07, 6.45) is 1.18. The van der Waals surface area contributed by atoms with Gasteiger partial charge in [-0.05, 0) is 45.2 Å². The molecule has 0 atom stereocenters. The lowest BCUT2D eigenvalue weighted by atomic mass is 10.0. The number of para-hydroxylation sites is 1. The normalized spacial score (nSPS) is 17.6. The van der Waals surface area contributed by atoms with Crippen molar-refractivity contribution in [3.8, 4) is 0 Å². The van der Waals surface area contributed by atoms with E-state index in [9.17, 15) is 9.50 Å². The van der Waals surface area contributed by atoms with Gasteiger partial charge in [0.05, 0.1) is 11.8 Å². The third kappa shape index (κ3) is 3.93. The van der Waals surface area contributed by atoms with Crippen LogP contribution >= 0.6 is 0 Å². The summed E-state index contributed by atoms with van der Waals surface area (Å²) in [6, 6.07) is 5.25. The van der Waals surface area contributed by atoms with E-state index >= 15 is 0 Å². The molecule has 20 heavy (non-hydrogen) atoms. The molecule has 0 aliphatic carbocycles. The van der Waals surface area contributed by atoms with Crippen LogP contribution in [0.1, 0.15) is 39.2 Å². The molecular weight excluding hydrogens is 255 g/mol. The second-order valence-corrected chi connectivity index (χ2v) is 6.57. The van der Waals surface area contributed by atoms with Crippen molar-refractivity contribution in [1.82, 2.24) is 5.32 Å². The van der Waals surface area contributed by atoms with Gasteiger partial charge in [0.2, 0.25) is 0 Å². The number of anilines is 1. The SMILES string of the molecule is CC(C)(C)NCc1cccc(F)c1N1CCC(O)CC1.